The van der Waals surface area contributed by atoms with E-state index >= 15 is 0 Å². The van der Waals surface area contributed by atoms with Crippen LogP contribution in [0.2, 0.25) is 0 Å². The molecule has 0 N–H and O–H groups in total. The number of benzene rings is 1. The molecular weight excluding hydrogens is 280 g/mol. The van der Waals surface area contributed by atoms with Gasteiger partial charge in [-0.15, -0.1) is 0 Å². The molecule has 0 bridgehead atoms. The van der Waals surface area contributed by atoms with E-state index in [9.17, 15) is 4.79 Å². The van der Waals surface area contributed by atoms with E-state index in [1.807, 2.05) is 0 Å². The fourth-order valence-electron chi connectivity index (χ4n) is 2.02. The van der Waals surface area contributed by atoms with Crippen molar-refractivity contribution < 1.29 is 9.53 Å². The van der Waals surface area contributed by atoms with E-state index in [-0.39, 0.29) is 5.78 Å². The number of ketones is 1. The molecule has 94 valence electrons. The highest BCUT2D eigenvalue weighted by atomic mass is 79.9. The third-order valence-corrected chi connectivity index (χ3v) is 4.41. The molecule has 0 radical (unpaired) electrons. The number of carbonyl (C=O) groups excluding carboxylic acids is 1. The third kappa shape index (κ3) is 2.89. The highest BCUT2D eigenvalue weighted by molar-refractivity contribution is 9.10. The maximum absolute atomic E-state index is 11.1. The second kappa shape index (κ2) is 5.67. The Bertz CT molecular complexity index is 450. The number of hydrogen-bond donors (Lipinski definition) is 0. The maximum Gasteiger partial charge on any atom is 0.130 e. The van der Waals surface area contributed by atoms with Gasteiger partial charge in [0.2, 0.25) is 0 Å². The molecule has 0 saturated heterocycles. The summed E-state index contributed by atoms with van der Waals surface area (Å²) in [5.41, 5.74) is 4.65. The minimum Gasteiger partial charge on any atom is -0.496 e. The highest BCUT2D eigenvalue weighted by Crippen LogP contribution is 2.36. The molecule has 0 heterocycles. The van der Waals surface area contributed by atoms with E-state index < -0.39 is 0 Å². The van der Waals surface area contributed by atoms with Gasteiger partial charge in [-0.1, -0.05) is 15.9 Å². The van der Waals surface area contributed by atoms with Gasteiger partial charge in [-0.2, -0.15) is 0 Å². The van der Waals surface area contributed by atoms with Crippen molar-refractivity contribution in [2.24, 2.45) is 0 Å². The summed E-state index contributed by atoms with van der Waals surface area (Å²) in [4.78, 5) is 11.1. The SMILES string of the molecule is COc1c(C)c(C)c(Br)c(C)c1CCC(C)=O. The fourth-order valence-corrected chi connectivity index (χ4v) is 2.56. The Morgan fingerprint density at radius 3 is 2.24 bits per heavy atom. The van der Waals surface area contributed by atoms with Crippen LogP contribution in [0, 0.1) is 20.8 Å². The van der Waals surface area contributed by atoms with E-state index in [1.165, 1.54) is 11.1 Å². The largest absolute Gasteiger partial charge is 0.496 e. The molecule has 0 atom stereocenters. The molecule has 0 fully saturated rings. The van der Waals surface area contributed by atoms with Gasteiger partial charge in [0.15, 0.2) is 0 Å². The van der Waals surface area contributed by atoms with Gasteiger partial charge in [0.25, 0.3) is 0 Å². The molecule has 0 amide bonds. The van der Waals surface area contributed by atoms with Crippen LogP contribution >= 0.6 is 15.9 Å². The zero-order chi connectivity index (χ0) is 13.2. The van der Waals surface area contributed by atoms with Crippen LogP contribution in [0.1, 0.15) is 35.6 Å². The summed E-state index contributed by atoms with van der Waals surface area (Å²) in [7, 11) is 1.69. The summed E-state index contributed by atoms with van der Waals surface area (Å²) in [6.07, 6.45) is 1.30. The summed E-state index contributed by atoms with van der Waals surface area (Å²) in [6.45, 7) is 7.81. The summed E-state index contributed by atoms with van der Waals surface area (Å²) in [5.74, 6) is 1.13. The molecule has 0 aromatic heterocycles. The molecule has 1 aromatic carbocycles. The molecule has 0 aliphatic rings. The van der Waals surface area contributed by atoms with Crippen LogP contribution in [-0.4, -0.2) is 12.9 Å². The van der Waals surface area contributed by atoms with Crippen LogP contribution in [0.5, 0.6) is 5.75 Å². The van der Waals surface area contributed by atoms with Crippen LogP contribution < -0.4 is 4.74 Å². The topological polar surface area (TPSA) is 26.3 Å². The van der Waals surface area contributed by atoms with E-state index in [0.717, 1.165) is 27.8 Å². The molecule has 0 aliphatic heterocycles. The summed E-state index contributed by atoms with van der Waals surface area (Å²) in [5, 5.41) is 0. The molecular formula is C14H19BrO2. The van der Waals surface area contributed by atoms with E-state index in [1.54, 1.807) is 14.0 Å². The lowest BCUT2D eigenvalue weighted by Crippen LogP contribution is -2.04. The Morgan fingerprint density at radius 2 is 1.76 bits per heavy atom. The summed E-state index contributed by atoms with van der Waals surface area (Å²) < 4.78 is 6.61. The second-order valence-electron chi connectivity index (χ2n) is 4.40. The van der Waals surface area contributed by atoms with E-state index in [4.69, 9.17) is 4.74 Å². The molecule has 0 saturated carbocycles. The lowest BCUT2D eigenvalue weighted by atomic mass is 9.95. The van der Waals surface area contributed by atoms with Crippen molar-refractivity contribution in [1.29, 1.82) is 0 Å². The number of carbonyl (C=O) groups is 1. The number of hydrogen-bond acceptors (Lipinski definition) is 2. The number of halogens is 1. The third-order valence-electron chi connectivity index (χ3n) is 3.22. The van der Waals surface area contributed by atoms with Gasteiger partial charge < -0.3 is 9.53 Å². The quantitative estimate of drug-likeness (QED) is 0.842. The first-order valence-corrected chi connectivity index (χ1v) is 6.51. The average Bonchev–Trinajstić information content (AvgIpc) is 2.29. The van der Waals surface area contributed by atoms with Gasteiger partial charge >= 0.3 is 0 Å². The van der Waals surface area contributed by atoms with Crippen molar-refractivity contribution in [2.45, 2.75) is 40.5 Å². The molecule has 2 nitrogen and oxygen atoms in total. The van der Waals surface area contributed by atoms with Crippen LogP contribution in [0.25, 0.3) is 0 Å². The van der Waals surface area contributed by atoms with E-state index in [2.05, 4.69) is 36.7 Å². The van der Waals surface area contributed by atoms with Crippen LogP contribution in [-0.2, 0) is 11.2 Å². The monoisotopic (exact) mass is 298 g/mol. The minimum atomic E-state index is 0.209. The number of ether oxygens (including phenoxy) is 1. The van der Waals surface area contributed by atoms with Gasteiger partial charge in [0, 0.05) is 10.9 Å². The van der Waals surface area contributed by atoms with Gasteiger partial charge in [-0.25, -0.2) is 0 Å². The normalized spacial score (nSPS) is 10.5. The molecule has 3 heteroatoms. The first kappa shape index (κ1) is 14.2. The Labute approximate surface area is 111 Å². The highest BCUT2D eigenvalue weighted by Gasteiger charge is 2.16. The number of methoxy groups -OCH3 is 1. The predicted octanol–water partition coefficient (Wildman–Crippen LogP) is 3.90. The van der Waals surface area contributed by atoms with Gasteiger partial charge in [0.05, 0.1) is 7.11 Å². The minimum absolute atomic E-state index is 0.209. The van der Waals surface area contributed by atoms with Crippen LogP contribution in [0.15, 0.2) is 4.47 Å². The van der Waals surface area contributed by atoms with Gasteiger partial charge in [-0.05, 0) is 56.4 Å². The molecule has 0 aliphatic carbocycles. The van der Waals surface area contributed by atoms with Crippen LogP contribution in [0.3, 0.4) is 0 Å². The summed E-state index contributed by atoms with van der Waals surface area (Å²) in [6, 6.07) is 0. The fraction of sp³-hybridized carbons (Fsp3) is 0.500. The van der Waals surface area contributed by atoms with Crippen molar-refractivity contribution in [3.05, 3.63) is 26.7 Å². The molecule has 1 rings (SSSR count). The lowest BCUT2D eigenvalue weighted by Gasteiger charge is -2.18. The molecule has 0 spiro atoms. The Kier molecular flexibility index (Phi) is 4.75. The zero-order valence-electron chi connectivity index (χ0n) is 11.1. The first-order chi connectivity index (χ1) is 7.90. The van der Waals surface area contributed by atoms with Crippen LogP contribution in [0.4, 0.5) is 0 Å². The Morgan fingerprint density at radius 1 is 1.18 bits per heavy atom. The maximum atomic E-state index is 11.1. The molecule has 17 heavy (non-hydrogen) atoms. The molecule has 1 aromatic rings. The van der Waals surface area contributed by atoms with Crippen molar-refractivity contribution in [3.63, 3.8) is 0 Å². The van der Waals surface area contributed by atoms with Gasteiger partial charge in [0.1, 0.15) is 11.5 Å². The number of Topliss-reactive ketones (excluding diaryl/α,β-unsaturated/α-hetero) is 1. The molecule has 0 unspecified atom stereocenters. The van der Waals surface area contributed by atoms with Crippen molar-refractivity contribution >= 4 is 21.7 Å². The second-order valence-corrected chi connectivity index (χ2v) is 5.20. The van der Waals surface area contributed by atoms with Crippen molar-refractivity contribution in [3.8, 4) is 5.75 Å². The average molecular weight is 299 g/mol. The van der Waals surface area contributed by atoms with Gasteiger partial charge in [-0.3, -0.25) is 0 Å². The Hall–Kier alpha value is -0.830. The first-order valence-electron chi connectivity index (χ1n) is 5.71. The Balaban J connectivity index is 3.31. The lowest BCUT2D eigenvalue weighted by molar-refractivity contribution is -0.116. The smallest absolute Gasteiger partial charge is 0.130 e. The van der Waals surface area contributed by atoms with Crippen molar-refractivity contribution in [2.75, 3.05) is 7.11 Å². The van der Waals surface area contributed by atoms with E-state index in [0.29, 0.717) is 6.42 Å². The summed E-state index contributed by atoms with van der Waals surface area (Å²) >= 11 is 3.61. The van der Waals surface area contributed by atoms with Crippen molar-refractivity contribution in [1.82, 2.24) is 0 Å². The standard InChI is InChI=1S/C14H19BrO2/c1-8(16)6-7-12-11(4)13(15)9(2)10(3)14(12)17-5/h6-7H2,1-5H3. The predicted molar refractivity (Wildman–Crippen MR) is 73.9 cm³/mol. The zero-order valence-corrected chi connectivity index (χ0v) is 12.7. The number of rotatable bonds is 4.